The van der Waals surface area contributed by atoms with Crippen LogP contribution in [-0.4, -0.2) is 29.7 Å². The number of nitro groups is 1. The van der Waals surface area contributed by atoms with E-state index in [1.807, 2.05) is 0 Å². The second-order valence-corrected chi connectivity index (χ2v) is 4.23. The predicted molar refractivity (Wildman–Crippen MR) is 71.1 cm³/mol. The number of hydrogen-bond acceptors (Lipinski definition) is 6. The summed E-state index contributed by atoms with van der Waals surface area (Å²) >= 11 is 0. The van der Waals surface area contributed by atoms with E-state index in [0.717, 1.165) is 0 Å². The van der Waals surface area contributed by atoms with Gasteiger partial charge in [0.25, 0.3) is 5.69 Å². The molecule has 102 valence electrons. The molecular formula is C11H11N7O2. The molecule has 3 rings (SSSR count). The van der Waals surface area contributed by atoms with E-state index in [-0.39, 0.29) is 5.69 Å². The molecule has 0 amide bonds. The number of nitro benzene ring substituents is 1. The molecule has 9 nitrogen and oxygen atoms in total. The first kappa shape index (κ1) is 12.1. The normalized spacial score (nSPS) is 10.8. The van der Waals surface area contributed by atoms with Gasteiger partial charge in [-0.3, -0.25) is 14.8 Å². The molecular weight excluding hydrogens is 262 g/mol. The number of aromatic amines is 1. The van der Waals surface area contributed by atoms with Gasteiger partial charge < -0.3 is 10.3 Å². The van der Waals surface area contributed by atoms with Gasteiger partial charge in [-0.2, -0.15) is 5.10 Å². The average molecular weight is 273 g/mol. The van der Waals surface area contributed by atoms with Crippen molar-refractivity contribution in [1.82, 2.24) is 24.7 Å². The number of imidazole rings is 1. The maximum atomic E-state index is 10.7. The first-order valence-corrected chi connectivity index (χ1v) is 5.84. The molecule has 0 fully saturated rings. The molecule has 0 unspecified atom stereocenters. The minimum Gasteiger partial charge on any atom is -0.348 e. The zero-order valence-corrected chi connectivity index (χ0v) is 10.6. The highest BCUT2D eigenvalue weighted by molar-refractivity contribution is 5.79. The molecule has 0 bridgehead atoms. The molecule has 0 aliphatic heterocycles. The molecule has 0 aliphatic carbocycles. The summed E-state index contributed by atoms with van der Waals surface area (Å²) in [6.07, 6.45) is 1.61. The van der Waals surface area contributed by atoms with Crippen LogP contribution in [0.3, 0.4) is 0 Å². The van der Waals surface area contributed by atoms with Crippen LogP contribution in [0.2, 0.25) is 0 Å². The number of hydrogen-bond donors (Lipinski definition) is 2. The van der Waals surface area contributed by atoms with E-state index >= 15 is 0 Å². The fourth-order valence-electron chi connectivity index (χ4n) is 1.82. The zero-order chi connectivity index (χ0) is 14.1. The summed E-state index contributed by atoms with van der Waals surface area (Å²) in [5.74, 6) is 1.16. The summed E-state index contributed by atoms with van der Waals surface area (Å²) in [6.45, 7) is 0.419. The van der Waals surface area contributed by atoms with E-state index in [1.54, 1.807) is 24.1 Å². The van der Waals surface area contributed by atoms with Gasteiger partial charge in [-0.25, -0.2) is 9.97 Å². The van der Waals surface area contributed by atoms with Gasteiger partial charge in [-0.15, -0.1) is 0 Å². The van der Waals surface area contributed by atoms with E-state index in [1.165, 1.54) is 12.1 Å². The van der Waals surface area contributed by atoms with Gasteiger partial charge in [0.05, 0.1) is 22.5 Å². The lowest BCUT2D eigenvalue weighted by atomic mass is 10.3. The maximum absolute atomic E-state index is 10.7. The predicted octanol–water partition coefficient (Wildman–Crippen LogP) is 1.21. The number of aromatic nitrogens is 5. The van der Waals surface area contributed by atoms with Crippen molar-refractivity contribution < 1.29 is 4.92 Å². The summed E-state index contributed by atoms with van der Waals surface area (Å²) in [7, 11) is 1.79. The Morgan fingerprint density at radius 3 is 3.05 bits per heavy atom. The van der Waals surface area contributed by atoms with Crippen LogP contribution in [0.4, 0.5) is 11.6 Å². The summed E-state index contributed by atoms with van der Waals surface area (Å²) in [4.78, 5) is 21.6. The third-order valence-corrected chi connectivity index (χ3v) is 2.74. The average Bonchev–Trinajstić information content (AvgIpc) is 3.00. The van der Waals surface area contributed by atoms with Crippen molar-refractivity contribution in [2.45, 2.75) is 6.54 Å². The van der Waals surface area contributed by atoms with Gasteiger partial charge in [0.1, 0.15) is 6.33 Å². The number of rotatable bonds is 4. The molecule has 1 aromatic carbocycles. The Morgan fingerprint density at radius 1 is 1.50 bits per heavy atom. The molecule has 9 heteroatoms. The van der Waals surface area contributed by atoms with Crippen LogP contribution in [-0.2, 0) is 13.6 Å². The quantitative estimate of drug-likeness (QED) is 0.545. The highest BCUT2D eigenvalue weighted by Gasteiger charge is 2.09. The van der Waals surface area contributed by atoms with Crippen molar-refractivity contribution in [2.75, 3.05) is 5.32 Å². The number of benzene rings is 1. The highest BCUT2D eigenvalue weighted by Crippen LogP contribution is 2.20. The largest absolute Gasteiger partial charge is 0.348 e. The fraction of sp³-hybridized carbons (Fsp3) is 0.182. The highest BCUT2D eigenvalue weighted by atomic mass is 16.6. The monoisotopic (exact) mass is 273 g/mol. The number of H-pyrrole nitrogens is 1. The fourth-order valence-corrected chi connectivity index (χ4v) is 1.82. The van der Waals surface area contributed by atoms with Crippen LogP contribution < -0.4 is 5.32 Å². The second kappa shape index (κ2) is 4.61. The van der Waals surface area contributed by atoms with Crippen LogP contribution in [0, 0.1) is 10.1 Å². The van der Waals surface area contributed by atoms with Crippen LogP contribution in [0.5, 0.6) is 0 Å². The summed E-state index contributed by atoms with van der Waals surface area (Å²) in [5, 5.41) is 17.9. The molecule has 0 spiro atoms. The Labute approximate surface area is 112 Å². The standard InChI is InChI=1S/C11H11N7O2/c1-17-6-13-10(16-17)5-12-11-14-8-3-2-7(18(19)20)4-9(8)15-11/h2-4,6H,5H2,1H3,(H2,12,14,15). The molecule has 0 atom stereocenters. The first-order valence-electron chi connectivity index (χ1n) is 5.84. The minimum atomic E-state index is -0.439. The third-order valence-electron chi connectivity index (χ3n) is 2.74. The lowest BCUT2D eigenvalue weighted by Gasteiger charge is -1.97. The van der Waals surface area contributed by atoms with Gasteiger partial charge in [-0.05, 0) is 6.07 Å². The number of nitrogens with zero attached hydrogens (tertiary/aromatic N) is 5. The van der Waals surface area contributed by atoms with Crippen LogP contribution in [0.25, 0.3) is 11.0 Å². The Bertz CT molecular complexity index is 776. The van der Waals surface area contributed by atoms with Crippen molar-refractivity contribution in [3.05, 3.63) is 40.5 Å². The van der Waals surface area contributed by atoms with E-state index in [9.17, 15) is 10.1 Å². The zero-order valence-electron chi connectivity index (χ0n) is 10.6. The Morgan fingerprint density at radius 2 is 2.35 bits per heavy atom. The molecule has 0 aliphatic rings. The number of non-ortho nitro benzene ring substituents is 1. The van der Waals surface area contributed by atoms with Gasteiger partial charge in [-0.1, -0.05) is 0 Å². The SMILES string of the molecule is Cn1cnc(CNc2nc3ccc([N+](=O)[O-])cc3[nH]2)n1. The number of nitrogens with one attached hydrogen (secondary N) is 2. The van der Waals surface area contributed by atoms with Crippen molar-refractivity contribution in [3.8, 4) is 0 Å². The lowest BCUT2D eigenvalue weighted by Crippen LogP contribution is -2.03. The molecule has 0 saturated heterocycles. The lowest BCUT2D eigenvalue weighted by molar-refractivity contribution is -0.384. The van der Waals surface area contributed by atoms with Crippen LogP contribution >= 0.6 is 0 Å². The Kier molecular flexibility index (Phi) is 2.78. The minimum absolute atomic E-state index is 0.0269. The number of anilines is 1. The van der Waals surface area contributed by atoms with Crippen molar-refractivity contribution >= 4 is 22.7 Å². The molecule has 2 aromatic heterocycles. The first-order chi connectivity index (χ1) is 9.61. The van der Waals surface area contributed by atoms with Gasteiger partial charge in [0, 0.05) is 19.2 Å². The smallest absolute Gasteiger partial charge is 0.271 e. The molecule has 0 radical (unpaired) electrons. The van der Waals surface area contributed by atoms with Crippen molar-refractivity contribution in [3.63, 3.8) is 0 Å². The van der Waals surface area contributed by atoms with Crippen LogP contribution in [0.15, 0.2) is 24.5 Å². The molecule has 0 saturated carbocycles. The topological polar surface area (TPSA) is 115 Å². The third kappa shape index (κ3) is 2.28. The number of aryl methyl sites for hydroxylation is 1. The van der Waals surface area contributed by atoms with Crippen molar-refractivity contribution in [1.29, 1.82) is 0 Å². The molecule has 2 heterocycles. The molecule has 3 aromatic rings. The van der Waals surface area contributed by atoms with E-state index in [4.69, 9.17) is 0 Å². The summed E-state index contributed by atoms with van der Waals surface area (Å²) in [6, 6.07) is 4.48. The summed E-state index contributed by atoms with van der Waals surface area (Å²) in [5.41, 5.74) is 1.29. The van der Waals surface area contributed by atoms with Crippen molar-refractivity contribution in [2.24, 2.45) is 7.05 Å². The molecule has 2 N–H and O–H groups in total. The van der Waals surface area contributed by atoms with Gasteiger partial charge in [0.15, 0.2) is 5.82 Å². The maximum Gasteiger partial charge on any atom is 0.271 e. The van der Waals surface area contributed by atoms with Gasteiger partial charge >= 0.3 is 0 Å². The Balaban J connectivity index is 1.80. The molecule has 20 heavy (non-hydrogen) atoms. The van der Waals surface area contributed by atoms with E-state index in [0.29, 0.717) is 29.4 Å². The van der Waals surface area contributed by atoms with Gasteiger partial charge in [0.2, 0.25) is 5.95 Å². The Hall–Kier alpha value is -2.97. The summed E-state index contributed by atoms with van der Waals surface area (Å²) < 4.78 is 1.61. The van der Waals surface area contributed by atoms with E-state index in [2.05, 4.69) is 25.4 Å². The van der Waals surface area contributed by atoms with Crippen LogP contribution in [0.1, 0.15) is 5.82 Å². The van der Waals surface area contributed by atoms with E-state index < -0.39 is 4.92 Å². The second-order valence-electron chi connectivity index (χ2n) is 4.23. The number of fused-ring (bicyclic) bond motifs is 1.